The summed E-state index contributed by atoms with van der Waals surface area (Å²) in [6.07, 6.45) is 3.06. The Hall–Kier alpha value is -4.27. The average molecular weight is 493 g/mol. The first-order chi connectivity index (χ1) is 17.4. The number of benzene rings is 2. The van der Waals surface area contributed by atoms with Crippen LogP contribution in [0.1, 0.15) is 37.3 Å². The van der Waals surface area contributed by atoms with Crippen LogP contribution < -0.4 is 16.0 Å². The predicted molar refractivity (Wildman–Crippen MR) is 135 cm³/mol. The minimum atomic E-state index is -1.07. The van der Waals surface area contributed by atoms with Crippen molar-refractivity contribution in [2.24, 2.45) is 0 Å². The van der Waals surface area contributed by atoms with Crippen molar-refractivity contribution in [3.05, 3.63) is 84.3 Å². The molecule has 3 rings (SSSR count). The molecule has 0 radical (unpaired) electrons. The molecule has 1 unspecified atom stereocenters. The number of hydrogen-bond acceptors (Lipinski definition) is 5. The second-order valence-electron chi connectivity index (χ2n) is 8.23. The van der Waals surface area contributed by atoms with Gasteiger partial charge >= 0.3 is 5.97 Å². The van der Waals surface area contributed by atoms with Gasteiger partial charge in [0.05, 0.1) is 19.0 Å². The fraction of sp³-hybridized carbons (Fsp3) is 0.259. The van der Waals surface area contributed by atoms with E-state index in [0.717, 1.165) is 23.4 Å². The molecule has 2 aromatic carbocycles. The zero-order chi connectivity index (χ0) is 25.8. The van der Waals surface area contributed by atoms with Crippen molar-refractivity contribution in [2.45, 2.75) is 31.7 Å². The standard InChI is InChI=1S/C27H29FN4O4/c28-22-12-10-19(11-13-22)20-6-5-7-21(16-20)23(17-27(35)36)32-26(34)18-31-25(33)9-2-4-15-30-24-8-1-3-14-29-24/h1,3,5-8,10-14,16,23H,2,4,9,15,17-18H2,(H,29,30)(H,31,33)(H,32,34)(H,35,36). The van der Waals surface area contributed by atoms with Crippen molar-refractivity contribution in [3.8, 4) is 11.1 Å². The number of anilines is 1. The molecule has 0 saturated carbocycles. The van der Waals surface area contributed by atoms with E-state index in [1.165, 1.54) is 12.1 Å². The Bertz CT molecular complexity index is 1160. The maximum absolute atomic E-state index is 13.2. The van der Waals surface area contributed by atoms with Crippen LogP contribution in [-0.4, -0.2) is 41.0 Å². The van der Waals surface area contributed by atoms with E-state index in [1.807, 2.05) is 24.3 Å². The number of hydrogen-bond donors (Lipinski definition) is 4. The zero-order valence-electron chi connectivity index (χ0n) is 19.7. The third-order valence-electron chi connectivity index (χ3n) is 5.43. The Kier molecular flexibility index (Phi) is 9.93. The number of carboxylic acids is 1. The Morgan fingerprint density at radius 1 is 0.917 bits per heavy atom. The van der Waals surface area contributed by atoms with E-state index < -0.39 is 17.9 Å². The number of aromatic nitrogens is 1. The van der Waals surface area contributed by atoms with E-state index in [1.54, 1.807) is 36.5 Å². The van der Waals surface area contributed by atoms with E-state index in [9.17, 15) is 23.9 Å². The van der Waals surface area contributed by atoms with Crippen molar-refractivity contribution in [1.29, 1.82) is 0 Å². The Balaban J connectivity index is 1.47. The highest BCUT2D eigenvalue weighted by Crippen LogP contribution is 2.25. The number of aliphatic carboxylic acids is 1. The van der Waals surface area contributed by atoms with Crippen molar-refractivity contribution >= 4 is 23.6 Å². The molecule has 0 spiro atoms. The number of carboxylic acid groups (broad SMARTS) is 1. The number of pyridine rings is 1. The van der Waals surface area contributed by atoms with Crippen LogP contribution in [0.15, 0.2) is 72.9 Å². The van der Waals surface area contributed by atoms with Gasteiger partial charge in [-0.25, -0.2) is 9.37 Å². The summed E-state index contributed by atoms with van der Waals surface area (Å²) in [6.45, 7) is 0.428. The maximum atomic E-state index is 13.2. The first kappa shape index (κ1) is 26.3. The van der Waals surface area contributed by atoms with Crippen molar-refractivity contribution in [3.63, 3.8) is 0 Å². The number of unbranched alkanes of at least 4 members (excludes halogenated alkanes) is 1. The van der Waals surface area contributed by atoms with Crippen LogP contribution in [0.4, 0.5) is 10.2 Å². The van der Waals surface area contributed by atoms with Gasteiger partial charge in [0.1, 0.15) is 11.6 Å². The van der Waals surface area contributed by atoms with Crippen molar-refractivity contribution in [2.75, 3.05) is 18.4 Å². The summed E-state index contributed by atoms with van der Waals surface area (Å²) in [7, 11) is 0. The summed E-state index contributed by atoms with van der Waals surface area (Å²) in [5.74, 6) is -1.39. The maximum Gasteiger partial charge on any atom is 0.305 e. The van der Waals surface area contributed by atoms with Crippen molar-refractivity contribution < 1.29 is 23.9 Å². The molecule has 0 bridgehead atoms. The molecule has 1 atom stereocenters. The lowest BCUT2D eigenvalue weighted by Gasteiger charge is -2.19. The molecule has 0 fully saturated rings. The number of halogens is 1. The van der Waals surface area contributed by atoms with Crippen molar-refractivity contribution in [1.82, 2.24) is 15.6 Å². The molecule has 0 saturated heterocycles. The van der Waals surface area contributed by atoms with Gasteiger partial charge in [-0.05, 0) is 59.9 Å². The highest BCUT2D eigenvalue weighted by molar-refractivity contribution is 5.85. The minimum Gasteiger partial charge on any atom is -0.481 e. The van der Waals surface area contributed by atoms with Crippen LogP contribution in [0.2, 0.25) is 0 Å². The molecule has 0 aliphatic carbocycles. The lowest BCUT2D eigenvalue weighted by Crippen LogP contribution is -2.39. The number of carbonyl (C=O) groups excluding carboxylic acids is 2. The molecule has 1 heterocycles. The summed E-state index contributed by atoms with van der Waals surface area (Å²) in [6, 6.07) is 17.8. The van der Waals surface area contributed by atoms with Crippen LogP contribution in [-0.2, 0) is 14.4 Å². The van der Waals surface area contributed by atoms with E-state index in [2.05, 4.69) is 20.9 Å². The van der Waals surface area contributed by atoms with Gasteiger partial charge < -0.3 is 21.1 Å². The Labute approximate surface area is 209 Å². The second-order valence-corrected chi connectivity index (χ2v) is 8.23. The number of nitrogens with zero attached hydrogens (tertiary/aromatic N) is 1. The highest BCUT2D eigenvalue weighted by atomic mass is 19.1. The third kappa shape index (κ3) is 8.83. The van der Waals surface area contributed by atoms with Gasteiger partial charge in [-0.3, -0.25) is 14.4 Å². The molecule has 4 N–H and O–H groups in total. The normalized spacial score (nSPS) is 11.4. The smallest absolute Gasteiger partial charge is 0.305 e. The summed E-state index contributed by atoms with van der Waals surface area (Å²) in [5, 5.41) is 17.8. The first-order valence-corrected chi connectivity index (χ1v) is 11.7. The van der Waals surface area contributed by atoms with Gasteiger partial charge in [-0.1, -0.05) is 36.4 Å². The van der Waals surface area contributed by atoms with E-state index in [4.69, 9.17) is 0 Å². The summed E-state index contributed by atoms with van der Waals surface area (Å²) in [5.41, 5.74) is 2.13. The van der Waals surface area contributed by atoms with Gasteiger partial charge in [-0.2, -0.15) is 0 Å². The quantitative estimate of drug-likeness (QED) is 0.269. The topological polar surface area (TPSA) is 120 Å². The van der Waals surface area contributed by atoms with E-state index >= 15 is 0 Å². The highest BCUT2D eigenvalue weighted by Gasteiger charge is 2.19. The number of rotatable bonds is 13. The molecule has 0 aliphatic heterocycles. The molecule has 188 valence electrons. The molecule has 36 heavy (non-hydrogen) atoms. The third-order valence-corrected chi connectivity index (χ3v) is 5.43. The van der Waals surface area contributed by atoms with E-state index in [-0.39, 0.29) is 31.1 Å². The number of nitrogens with one attached hydrogen (secondary N) is 3. The SMILES string of the molecule is O=C(O)CC(NC(=O)CNC(=O)CCCCNc1ccccn1)c1cccc(-c2ccc(F)cc2)c1. The minimum absolute atomic E-state index is 0.251. The molecule has 2 amide bonds. The summed E-state index contributed by atoms with van der Waals surface area (Å²) >= 11 is 0. The molecule has 0 aliphatic rings. The second kappa shape index (κ2) is 13.6. The van der Waals surface area contributed by atoms with Crippen LogP contribution >= 0.6 is 0 Å². The summed E-state index contributed by atoms with van der Waals surface area (Å²) < 4.78 is 13.2. The zero-order valence-corrected chi connectivity index (χ0v) is 19.7. The van der Waals surface area contributed by atoms with Crippen LogP contribution in [0, 0.1) is 5.82 Å². The molecule has 8 nitrogen and oxygen atoms in total. The summed E-state index contributed by atoms with van der Waals surface area (Å²) in [4.78, 5) is 40.1. The van der Waals surface area contributed by atoms with Gasteiger partial charge in [0.2, 0.25) is 11.8 Å². The van der Waals surface area contributed by atoms with Crippen LogP contribution in [0.5, 0.6) is 0 Å². The lowest BCUT2D eigenvalue weighted by molar-refractivity contribution is -0.138. The Morgan fingerprint density at radius 3 is 2.44 bits per heavy atom. The molecular formula is C27H29FN4O4. The first-order valence-electron chi connectivity index (χ1n) is 11.7. The lowest BCUT2D eigenvalue weighted by atomic mass is 9.97. The van der Waals surface area contributed by atoms with Gasteiger partial charge in [0, 0.05) is 19.2 Å². The van der Waals surface area contributed by atoms with Crippen LogP contribution in [0.25, 0.3) is 11.1 Å². The van der Waals surface area contributed by atoms with Gasteiger partial charge in [0.25, 0.3) is 0 Å². The van der Waals surface area contributed by atoms with Gasteiger partial charge in [-0.15, -0.1) is 0 Å². The molecule has 9 heteroatoms. The molecule has 1 aromatic heterocycles. The van der Waals surface area contributed by atoms with Crippen LogP contribution in [0.3, 0.4) is 0 Å². The molecular weight excluding hydrogens is 463 g/mol. The van der Waals surface area contributed by atoms with E-state index in [0.29, 0.717) is 18.5 Å². The monoisotopic (exact) mass is 492 g/mol. The predicted octanol–water partition coefficient (Wildman–Crippen LogP) is 3.92. The molecule has 3 aromatic rings. The average Bonchev–Trinajstić information content (AvgIpc) is 2.88. The number of carbonyl (C=O) groups is 3. The van der Waals surface area contributed by atoms with Gasteiger partial charge in [0.15, 0.2) is 0 Å². The fourth-order valence-electron chi connectivity index (χ4n) is 3.61. The largest absolute Gasteiger partial charge is 0.481 e. The number of amides is 2. The fourth-order valence-corrected chi connectivity index (χ4v) is 3.61. The Morgan fingerprint density at radius 2 is 1.72 bits per heavy atom.